The molecule has 0 bridgehead atoms. The fourth-order valence-corrected chi connectivity index (χ4v) is 5.54. The van der Waals surface area contributed by atoms with Gasteiger partial charge in [-0.25, -0.2) is 0 Å². The fraction of sp³-hybridized carbons (Fsp3) is 0.304. The number of anilines is 1. The van der Waals surface area contributed by atoms with Crippen molar-refractivity contribution in [2.24, 2.45) is 11.1 Å². The van der Waals surface area contributed by atoms with Gasteiger partial charge in [0.1, 0.15) is 5.82 Å². The van der Waals surface area contributed by atoms with Crippen LogP contribution in [0.1, 0.15) is 43.0 Å². The highest BCUT2D eigenvalue weighted by Gasteiger charge is 2.45. The van der Waals surface area contributed by atoms with Crippen molar-refractivity contribution in [3.05, 3.63) is 78.9 Å². The number of aryl methyl sites for hydroxylation is 1. The topological polar surface area (TPSA) is 113 Å². The summed E-state index contributed by atoms with van der Waals surface area (Å²) in [6, 6.07) is 10.3. The SMILES string of the molecule is Cc1ccsc1[C@@H]1C(C#N)=C(N)N(c2cccc([N+](=O)[O-])c2)C2=C1C(=O)CC(C)(C)C2. The Morgan fingerprint density at radius 1 is 1.32 bits per heavy atom. The van der Waals surface area contributed by atoms with Crippen LogP contribution in [0, 0.1) is 33.8 Å². The van der Waals surface area contributed by atoms with Crippen LogP contribution in [0.15, 0.2) is 58.4 Å². The summed E-state index contributed by atoms with van der Waals surface area (Å²) in [4.78, 5) is 26.9. The van der Waals surface area contributed by atoms with Crippen LogP contribution in [0.25, 0.3) is 0 Å². The van der Waals surface area contributed by atoms with Gasteiger partial charge in [-0.3, -0.25) is 19.8 Å². The number of hydrogen-bond acceptors (Lipinski definition) is 7. The minimum Gasteiger partial charge on any atom is -0.384 e. The van der Waals surface area contributed by atoms with Gasteiger partial charge in [-0.1, -0.05) is 19.9 Å². The van der Waals surface area contributed by atoms with E-state index in [-0.39, 0.29) is 22.7 Å². The monoisotopic (exact) mass is 434 g/mol. The molecular weight excluding hydrogens is 412 g/mol. The third-order valence-corrected chi connectivity index (χ3v) is 6.93. The van der Waals surface area contributed by atoms with E-state index >= 15 is 0 Å². The molecule has 0 saturated heterocycles. The van der Waals surface area contributed by atoms with Crippen molar-refractivity contribution < 1.29 is 9.72 Å². The van der Waals surface area contributed by atoms with Gasteiger partial charge in [0.15, 0.2) is 5.78 Å². The number of ketones is 1. The number of nitro benzene ring substituents is 1. The molecule has 4 rings (SSSR count). The second-order valence-electron chi connectivity index (χ2n) is 8.73. The van der Waals surface area contributed by atoms with E-state index in [1.807, 2.05) is 32.2 Å². The number of benzene rings is 1. The number of hydrogen-bond donors (Lipinski definition) is 1. The maximum Gasteiger partial charge on any atom is 0.271 e. The molecule has 1 aromatic heterocycles. The number of nitrogens with zero attached hydrogens (tertiary/aromatic N) is 3. The number of carbonyl (C=O) groups is 1. The van der Waals surface area contributed by atoms with Crippen LogP contribution in [0.3, 0.4) is 0 Å². The van der Waals surface area contributed by atoms with Crippen LogP contribution in [0.4, 0.5) is 11.4 Å². The van der Waals surface area contributed by atoms with Gasteiger partial charge in [0, 0.05) is 34.7 Å². The molecule has 1 atom stereocenters. The fourth-order valence-electron chi connectivity index (χ4n) is 4.49. The number of carbonyl (C=O) groups excluding carboxylic acids is 1. The number of nitrogens with two attached hydrogens (primary N) is 1. The van der Waals surface area contributed by atoms with E-state index in [9.17, 15) is 20.2 Å². The Morgan fingerprint density at radius 2 is 2.06 bits per heavy atom. The van der Waals surface area contributed by atoms with Crippen LogP contribution >= 0.6 is 11.3 Å². The number of thiophene rings is 1. The van der Waals surface area contributed by atoms with Crippen molar-refractivity contribution in [3.8, 4) is 6.07 Å². The molecule has 0 saturated carbocycles. The molecule has 0 radical (unpaired) electrons. The van der Waals surface area contributed by atoms with Gasteiger partial charge in [-0.15, -0.1) is 11.3 Å². The lowest BCUT2D eigenvalue weighted by Gasteiger charge is -2.43. The first-order valence-corrected chi connectivity index (χ1v) is 10.8. The number of Topliss-reactive ketones (excluding diaryl/α,β-unsaturated/α-hetero) is 1. The summed E-state index contributed by atoms with van der Waals surface area (Å²) in [6.07, 6.45) is 0.936. The first-order valence-electron chi connectivity index (χ1n) is 9.89. The van der Waals surface area contributed by atoms with E-state index in [4.69, 9.17) is 5.73 Å². The number of non-ortho nitro benzene ring substituents is 1. The van der Waals surface area contributed by atoms with Gasteiger partial charge in [-0.05, 0) is 41.8 Å². The molecule has 2 N–H and O–H groups in total. The predicted octanol–water partition coefficient (Wildman–Crippen LogP) is 4.91. The van der Waals surface area contributed by atoms with Crippen molar-refractivity contribution >= 4 is 28.5 Å². The summed E-state index contributed by atoms with van der Waals surface area (Å²) in [6.45, 7) is 6.00. The van der Waals surface area contributed by atoms with Gasteiger partial charge in [0.05, 0.1) is 28.2 Å². The molecule has 0 fully saturated rings. The van der Waals surface area contributed by atoms with Gasteiger partial charge in [0.2, 0.25) is 0 Å². The van der Waals surface area contributed by atoms with Crippen molar-refractivity contribution in [1.29, 1.82) is 5.26 Å². The summed E-state index contributed by atoms with van der Waals surface area (Å²) in [5.74, 6) is -0.316. The lowest BCUT2D eigenvalue weighted by molar-refractivity contribution is -0.384. The molecule has 0 amide bonds. The van der Waals surface area contributed by atoms with Crippen LogP contribution in [-0.4, -0.2) is 10.7 Å². The normalized spacial score (nSPS) is 20.5. The van der Waals surface area contributed by atoms with Crippen molar-refractivity contribution in [2.75, 3.05) is 4.90 Å². The molecule has 31 heavy (non-hydrogen) atoms. The molecular formula is C23H22N4O3S. The maximum absolute atomic E-state index is 13.4. The maximum atomic E-state index is 13.4. The van der Waals surface area contributed by atoms with Crippen molar-refractivity contribution in [1.82, 2.24) is 0 Å². The third kappa shape index (κ3) is 3.41. The van der Waals surface area contributed by atoms with Gasteiger partial charge < -0.3 is 5.73 Å². The smallest absolute Gasteiger partial charge is 0.271 e. The highest BCUT2D eigenvalue weighted by Crippen LogP contribution is 2.51. The van der Waals surface area contributed by atoms with Gasteiger partial charge in [0.25, 0.3) is 5.69 Å². The van der Waals surface area contributed by atoms with E-state index in [2.05, 4.69) is 6.07 Å². The lowest BCUT2D eigenvalue weighted by Crippen LogP contribution is -2.42. The molecule has 1 aliphatic heterocycles. The molecule has 0 unspecified atom stereocenters. The van der Waals surface area contributed by atoms with E-state index in [1.54, 1.807) is 17.0 Å². The molecule has 158 valence electrons. The molecule has 2 aliphatic rings. The molecule has 7 nitrogen and oxygen atoms in total. The lowest BCUT2D eigenvalue weighted by atomic mass is 9.69. The largest absolute Gasteiger partial charge is 0.384 e. The second kappa shape index (κ2) is 7.36. The standard InChI is InChI=1S/C23H22N4O3S/c1-13-7-8-31-21(13)19-16(12-24)22(25)26(14-5-4-6-15(9-14)27(29)30)17-10-23(2,3)11-18(28)20(17)19/h4-9,19H,10-11,25H2,1-3H3/t19-/m1/s1. The summed E-state index contributed by atoms with van der Waals surface area (Å²) >= 11 is 1.50. The Bertz CT molecular complexity index is 1220. The average molecular weight is 435 g/mol. The Kier molecular flexibility index (Phi) is 4.94. The van der Waals surface area contributed by atoms with Crippen molar-refractivity contribution in [3.63, 3.8) is 0 Å². The zero-order valence-electron chi connectivity index (χ0n) is 17.5. The third-order valence-electron chi connectivity index (χ3n) is 5.84. The predicted molar refractivity (Wildman–Crippen MR) is 119 cm³/mol. The molecule has 2 heterocycles. The molecule has 1 aromatic carbocycles. The Hall–Kier alpha value is -3.44. The zero-order chi connectivity index (χ0) is 22.5. The zero-order valence-corrected chi connectivity index (χ0v) is 18.3. The highest BCUT2D eigenvalue weighted by atomic mass is 32.1. The first-order chi connectivity index (χ1) is 14.6. The highest BCUT2D eigenvalue weighted by molar-refractivity contribution is 7.10. The molecule has 8 heteroatoms. The van der Waals surface area contributed by atoms with Crippen LogP contribution in [0.2, 0.25) is 0 Å². The van der Waals surface area contributed by atoms with Gasteiger partial charge >= 0.3 is 0 Å². The summed E-state index contributed by atoms with van der Waals surface area (Å²) in [5.41, 5.74) is 9.23. The quantitative estimate of drug-likeness (QED) is 0.543. The summed E-state index contributed by atoms with van der Waals surface area (Å²) in [5, 5.41) is 23.3. The number of allylic oxidation sites excluding steroid dienone is 3. The summed E-state index contributed by atoms with van der Waals surface area (Å²) in [7, 11) is 0. The second-order valence-corrected chi connectivity index (χ2v) is 9.67. The first kappa shape index (κ1) is 20.8. The van der Waals surface area contributed by atoms with Gasteiger partial charge in [-0.2, -0.15) is 5.26 Å². The minimum atomic E-state index is -0.515. The average Bonchev–Trinajstić information content (AvgIpc) is 3.11. The van der Waals surface area contributed by atoms with E-state index < -0.39 is 10.8 Å². The Morgan fingerprint density at radius 3 is 2.68 bits per heavy atom. The Labute approximate surface area is 184 Å². The number of nitro groups is 1. The van der Waals surface area contributed by atoms with E-state index in [0.717, 1.165) is 16.1 Å². The Balaban J connectivity index is 2.01. The molecule has 0 spiro atoms. The summed E-state index contributed by atoms with van der Waals surface area (Å²) < 4.78 is 0. The van der Waals surface area contributed by atoms with E-state index in [1.165, 1.54) is 23.5 Å². The number of nitriles is 1. The molecule has 1 aliphatic carbocycles. The minimum absolute atomic E-state index is 0.0141. The van der Waals surface area contributed by atoms with Crippen LogP contribution < -0.4 is 10.6 Å². The van der Waals surface area contributed by atoms with Crippen LogP contribution in [0.5, 0.6) is 0 Å². The van der Waals surface area contributed by atoms with Crippen LogP contribution in [-0.2, 0) is 4.79 Å². The number of rotatable bonds is 3. The van der Waals surface area contributed by atoms with E-state index in [0.29, 0.717) is 29.7 Å². The van der Waals surface area contributed by atoms with Crippen molar-refractivity contribution in [2.45, 2.75) is 39.5 Å². The molecule has 2 aromatic rings.